The number of halogens is 2. The third-order valence-corrected chi connectivity index (χ3v) is 4.40. The highest BCUT2D eigenvalue weighted by Crippen LogP contribution is 2.33. The minimum absolute atomic E-state index is 0.0529. The molecular weight excluding hydrogens is 331 g/mol. The quantitative estimate of drug-likeness (QED) is 0.871. The molecule has 2 aromatic rings. The first kappa shape index (κ1) is 16.0. The van der Waals surface area contributed by atoms with Gasteiger partial charge in [-0.3, -0.25) is 0 Å². The van der Waals surface area contributed by atoms with E-state index in [1.165, 1.54) is 11.6 Å². The van der Waals surface area contributed by atoms with E-state index < -0.39 is 0 Å². The first-order valence-electron chi connectivity index (χ1n) is 7.00. The number of nitrogens with zero attached hydrogens (tertiary/aromatic N) is 1. The molecule has 0 bridgehead atoms. The van der Waals surface area contributed by atoms with E-state index in [-0.39, 0.29) is 11.9 Å². The van der Waals surface area contributed by atoms with E-state index in [2.05, 4.69) is 33.0 Å². The molecule has 1 atom stereocenters. The van der Waals surface area contributed by atoms with Crippen LogP contribution in [0.4, 0.5) is 10.1 Å². The van der Waals surface area contributed by atoms with Gasteiger partial charge in [-0.05, 0) is 59.6 Å². The standard InChI is InChI=1S/C17H20BrFN2/c1-12(14-5-3-4-6-16(14)19)21(2)17-8-7-13(9-10-20)11-15(17)18/h3-8,11-12H,9-10,20H2,1-2H3. The number of anilines is 1. The minimum atomic E-state index is -0.173. The molecule has 2 rings (SSSR count). The SMILES string of the molecule is CC(c1ccccc1F)N(C)c1ccc(CCN)cc1Br. The van der Waals surface area contributed by atoms with Crippen LogP contribution in [-0.2, 0) is 6.42 Å². The van der Waals surface area contributed by atoms with Crippen LogP contribution in [0.15, 0.2) is 46.9 Å². The molecule has 0 fully saturated rings. The summed E-state index contributed by atoms with van der Waals surface area (Å²) in [6.07, 6.45) is 0.853. The molecule has 2 aromatic carbocycles. The molecule has 0 amide bonds. The van der Waals surface area contributed by atoms with E-state index in [0.717, 1.165) is 16.6 Å². The Labute approximate surface area is 133 Å². The van der Waals surface area contributed by atoms with Gasteiger partial charge < -0.3 is 10.6 Å². The van der Waals surface area contributed by atoms with E-state index in [1.54, 1.807) is 6.07 Å². The van der Waals surface area contributed by atoms with Gasteiger partial charge in [-0.15, -0.1) is 0 Å². The van der Waals surface area contributed by atoms with E-state index in [9.17, 15) is 4.39 Å². The second-order valence-electron chi connectivity index (χ2n) is 5.13. The third-order valence-electron chi connectivity index (χ3n) is 3.76. The van der Waals surface area contributed by atoms with Gasteiger partial charge in [0.15, 0.2) is 0 Å². The fourth-order valence-electron chi connectivity index (χ4n) is 2.39. The van der Waals surface area contributed by atoms with Crippen LogP contribution >= 0.6 is 15.9 Å². The maximum atomic E-state index is 13.9. The zero-order valence-electron chi connectivity index (χ0n) is 12.3. The molecule has 0 spiro atoms. The molecule has 0 aliphatic heterocycles. The Balaban J connectivity index is 2.27. The predicted octanol–water partition coefficient (Wildman–Crippen LogP) is 4.29. The zero-order chi connectivity index (χ0) is 15.4. The Morgan fingerprint density at radius 1 is 1.24 bits per heavy atom. The second kappa shape index (κ2) is 7.05. The molecule has 0 heterocycles. The maximum absolute atomic E-state index is 13.9. The largest absolute Gasteiger partial charge is 0.367 e. The Kier molecular flexibility index (Phi) is 5.37. The molecule has 0 aliphatic rings. The Morgan fingerprint density at radius 3 is 2.57 bits per heavy atom. The number of hydrogen-bond donors (Lipinski definition) is 1. The fourth-order valence-corrected chi connectivity index (χ4v) is 3.10. The average Bonchev–Trinajstić information content (AvgIpc) is 2.47. The summed E-state index contributed by atoms with van der Waals surface area (Å²) in [5.41, 5.74) is 8.50. The normalized spacial score (nSPS) is 12.2. The molecule has 4 heteroatoms. The van der Waals surface area contributed by atoms with Gasteiger partial charge in [0.05, 0.1) is 11.7 Å². The second-order valence-corrected chi connectivity index (χ2v) is 5.99. The summed E-state index contributed by atoms with van der Waals surface area (Å²) in [6.45, 7) is 2.63. The summed E-state index contributed by atoms with van der Waals surface area (Å²) in [5, 5.41) is 0. The molecule has 2 N–H and O–H groups in total. The maximum Gasteiger partial charge on any atom is 0.128 e. The summed E-state index contributed by atoms with van der Waals surface area (Å²) in [7, 11) is 1.97. The lowest BCUT2D eigenvalue weighted by molar-refractivity contribution is 0.585. The number of hydrogen-bond acceptors (Lipinski definition) is 2. The third kappa shape index (κ3) is 3.63. The van der Waals surface area contributed by atoms with Crippen molar-refractivity contribution < 1.29 is 4.39 Å². The van der Waals surface area contributed by atoms with Gasteiger partial charge in [0.25, 0.3) is 0 Å². The molecule has 1 unspecified atom stereocenters. The van der Waals surface area contributed by atoms with Gasteiger partial charge >= 0.3 is 0 Å². The van der Waals surface area contributed by atoms with Crippen LogP contribution in [-0.4, -0.2) is 13.6 Å². The highest BCUT2D eigenvalue weighted by molar-refractivity contribution is 9.10. The average molecular weight is 351 g/mol. The molecular formula is C17H20BrFN2. The van der Waals surface area contributed by atoms with Crippen LogP contribution in [0.2, 0.25) is 0 Å². The van der Waals surface area contributed by atoms with Crippen LogP contribution in [0.25, 0.3) is 0 Å². The van der Waals surface area contributed by atoms with Gasteiger partial charge in [-0.1, -0.05) is 24.3 Å². The molecule has 0 saturated carbocycles. The van der Waals surface area contributed by atoms with Gasteiger partial charge in [0.2, 0.25) is 0 Å². The highest BCUT2D eigenvalue weighted by atomic mass is 79.9. The molecule has 0 aromatic heterocycles. The predicted molar refractivity (Wildman–Crippen MR) is 90.1 cm³/mol. The van der Waals surface area contributed by atoms with Crippen molar-refractivity contribution in [1.82, 2.24) is 0 Å². The van der Waals surface area contributed by atoms with Gasteiger partial charge in [0.1, 0.15) is 5.82 Å². The number of nitrogens with two attached hydrogens (primary N) is 1. The van der Waals surface area contributed by atoms with E-state index in [1.807, 2.05) is 32.2 Å². The topological polar surface area (TPSA) is 29.3 Å². The van der Waals surface area contributed by atoms with Crippen molar-refractivity contribution in [2.75, 3.05) is 18.5 Å². The summed E-state index contributed by atoms with van der Waals surface area (Å²) in [6, 6.07) is 13.0. The lowest BCUT2D eigenvalue weighted by atomic mass is 10.1. The fraction of sp³-hybridized carbons (Fsp3) is 0.294. The van der Waals surface area contributed by atoms with Crippen molar-refractivity contribution in [3.8, 4) is 0 Å². The smallest absolute Gasteiger partial charge is 0.128 e. The summed E-state index contributed by atoms with van der Waals surface area (Å²) in [5.74, 6) is -0.173. The first-order valence-corrected chi connectivity index (χ1v) is 7.79. The van der Waals surface area contributed by atoms with Crippen molar-refractivity contribution in [2.45, 2.75) is 19.4 Å². The number of rotatable bonds is 5. The lowest BCUT2D eigenvalue weighted by Gasteiger charge is -2.29. The van der Waals surface area contributed by atoms with E-state index >= 15 is 0 Å². The zero-order valence-corrected chi connectivity index (χ0v) is 13.9. The van der Waals surface area contributed by atoms with Crippen LogP contribution in [0.1, 0.15) is 24.1 Å². The summed E-state index contributed by atoms with van der Waals surface area (Å²) >= 11 is 3.60. The Hall–Kier alpha value is -1.39. The monoisotopic (exact) mass is 350 g/mol. The molecule has 0 radical (unpaired) electrons. The van der Waals surface area contributed by atoms with Crippen molar-refractivity contribution in [2.24, 2.45) is 5.73 Å². The molecule has 0 aliphatic carbocycles. The van der Waals surface area contributed by atoms with Crippen LogP contribution in [0.5, 0.6) is 0 Å². The van der Waals surface area contributed by atoms with E-state index in [4.69, 9.17) is 5.73 Å². The van der Waals surface area contributed by atoms with Crippen LogP contribution < -0.4 is 10.6 Å². The molecule has 112 valence electrons. The van der Waals surface area contributed by atoms with Crippen molar-refractivity contribution in [1.29, 1.82) is 0 Å². The summed E-state index contributed by atoms with van der Waals surface area (Å²) in [4.78, 5) is 2.06. The van der Waals surface area contributed by atoms with Crippen molar-refractivity contribution >= 4 is 21.6 Å². The summed E-state index contributed by atoms with van der Waals surface area (Å²) < 4.78 is 14.9. The molecule has 0 saturated heterocycles. The van der Waals surface area contributed by atoms with Gasteiger partial charge in [-0.2, -0.15) is 0 Å². The highest BCUT2D eigenvalue weighted by Gasteiger charge is 2.17. The lowest BCUT2D eigenvalue weighted by Crippen LogP contribution is -2.23. The minimum Gasteiger partial charge on any atom is -0.367 e. The molecule has 21 heavy (non-hydrogen) atoms. The van der Waals surface area contributed by atoms with Gasteiger partial charge in [-0.25, -0.2) is 4.39 Å². The van der Waals surface area contributed by atoms with E-state index in [0.29, 0.717) is 12.1 Å². The first-order chi connectivity index (χ1) is 10.0. The Morgan fingerprint density at radius 2 is 1.95 bits per heavy atom. The van der Waals surface area contributed by atoms with Crippen LogP contribution in [0, 0.1) is 5.82 Å². The molecule has 2 nitrogen and oxygen atoms in total. The Bertz CT molecular complexity index is 615. The van der Waals surface area contributed by atoms with Crippen molar-refractivity contribution in [3.05, 3.63) is 63.9 Å². The van der Waals surface area contributed by atoms with Gasteiger partial charge in [0, 0.05) is 17.1 Å². The van der Waals surface area contributed by atoms with Crippen LogP contribution in [0.3, 0.4) is 0 Å². The van der Waals surface area contributed by atoms with Crippen molar-refractivity contribution in [3.63, 3.8) is 0 Å². The number of benzene rings is 2.